The Bertz CT molecular complexity index is 114. The van der Waals surface area contributed by atoms with Crippen LogP contribution in [-0.2, 0) is 4.79 Å². The highest BCUT2D eigenvalue weighted by Crippen LogP contribution is 2.19. The van der Waals surface area contributed by atoms with Gasteiger partial charge in [-0.3, -0.25) is 4.79 Å². The van der Waals surface area contributed by atoms with Crippen molar-refractivity contribution in [3.63, 3.8) is 0 Å². The van der Waals surface area contributed by atoms with Crippen LogP contribution < -0.4 is 5.32 Å². The predicted molar refractivity (Wildman–Crippen MR) is 44.3 cm³/mol. The zero-order chi connectivity index (χ0) is 6.85. The van der Waals surface area contributed by atoms with Crippen molar-refractivity contribution in [3.8, 4) is 0 Å². The molecule has 0 aromatic rings. The maximum atomic E-state index is 10.8. The summed E-state index contributed by atoms with van der Waals surface area (Å²) in [7, 11) is 0. The minimum Gasteiger partial charge on any atom is -0.344 e. The number of rotatable bonds is 0. The molecule has 0 aliphatic carbocycles. The number of alkyl halides is 1. The standard InChI is InChI=1S/C6H10INO/c1-4-2-5(7)8-6(9)3-4/h4-5H,2-3H2,1H3,(H,8,9)/t4-,5?/m1/s1. The van der Waals surface area contributed by atoms with Gasteiger partial charge in [0.2, 0.25) is 5.91 Å². The third-order valence-electron chi connectivity index (χ3n) is 1.46. The van der Waals surface area contributed by atoms with Gasteiger partial charge in [0.25, 0.3) is 0 Å². The van der Waals surface area contributed by atoms with Crippen molar-refractivity contribution in [2.45, 2.75) is 23.8 Å². The molecule has 2 nitrogen and oxygen atoms in total. The number of carbonyl (C=O) groups is 1. The normalized spacial score (nSPS) is 36.0. The Balaban J connectivity index is 2.43. The largest absolute Gasteiger partial charge is 0.344 e. The smallest absolute Gasteiger partial charge is 0.221 e. The summed E-state index contributed by atoms with van der Waals surface area (Å²) in [6, 6.07) is 0. The first-order valence-corrected chi connectivity index (χ1v) is 4.36. The van der Waals surface area contributed by atoms with Crippen molar-refractivity contribution in [3.05, 3.63) is 0 Å². The average molecular weight is 239 g/mol. The Morgan fingerprint density at radius 3 is 2.89 bits per heavy atom. The van der Waals surface area contributed by atoms with E-state index in [0.29, 0.717) is 16.4 Å². The van der Waals surface area contributed by atoms with E-state index >= 15 is 0 Å². The van der Waals surface area contributed by atoms with Crippen LogP contribution in [0, 0.1) is 5.92 Å². The van der Waals surface area contributed by atoms with Crippen molar-refractivity contribution < 1.29 is 4.79 Å². The number of hydrogen-bond donors (Lipinski definition) is 1. The number of carbonyl (C=O) groups excluding carboxylic acids is 1. The van der Waals surface area contributed by atoms with Crippen LogP contribution in [-0.4, -0.2) is 9.96 Å². The molecule has 0 aromatic heterocycles. The molecular weight excluding hydrogens is 229 g/mol. The van der Waals surface area contributed by atoms with Crippen LogP contribution >= 0.6 is 22.6 Å². The zero-order valence-corrected chi connectivity index (χ0v) is 7.51. The Morgan fingerprint density at radius 2 is 2.44 bits per heavy atom. The molecule has 1 rings (SSSR count). The van der Waals surface area contributed by atoms with Crippen LogP contribution in [0.1, 0.15) is 19.8 Å². The number of hydrogen-bond acceptors (Lipinski definition) is 1. The van der Waals surface area contributed by atoms with Gasteiger partial charge in [0.1, 0.15) is 0 Å². The van der Waals surface area contributed by atoms with Gasteiger partial charge in [-0.05, 0) is 12.3 Å². The molecule has 1 unspecified atom stereocenters. The summed E-state index contributed by atoms with van der Waals surface area (Å²) >= 11 is 2.26. The van der Waals surface area contributed by atoms with Gasteiger partial charge in [-0.2, -0.15) is 0 Å². The second-order valence-corrected chi connectivity index (χ2v) is 4.08. The molecule has 1 saturated heterocycles. The molecule has 52 valence electrons. The second kappa shape index (κ2) is 2.86. The van der Waals surface area contributed by atoms with E-state index in [2.05, 4.69) is 34.8 Å². The summed E-state index contributed by atoms with van der Waals surface area (Å²) in [4.78, 5) is 10.8. The quantitative estimate of drug-likeness (QED) is 0.385. The molecule has 0 radical (unpaired) electrons. The van der Waals surface area contributed by atoms with E-state index in [-0.39, 0.29) is 5.91 Å². The topological polar surface area (TPSA) is 29.1 Å². The summed E-state index contributed by atoms with van der Waals surface area (Å²) in [5.41, 5.74) is 0. The highest BCUT2D eigenvalue weighted by molar-refractivity contribution is 14.1. The highest BCUT2D eigenvalue weighted by atomic mass is 127. The summed E-state index contributed by atoms with van der Waals surface area (Å²) in [6.07, 6.45) is 1.83. The third-order valence-corrected chi connectivity index (χ3v) is 2.28. The number of piperidine rings is 1. The SMILES string of the molecule is C[C@H]1CC(=O)NC(I)C1. The van der Waals surface area contributed by atoms with Gasteiger partial charge in [0, 0.05) is 6.42 Å². The lowest BCUT2D eigenvalue weighted by Gasteiger charge is -2.22. The van der Waals surface area contributed by atoms with E-state index in [1.807, 2.05) is 0 Å². The lowest BCUT2D eigenvalue weighted by Crippen LogP contribution is -2.37. The van der Waals surface area contributed by atoms with Gasteiger partial charge in [-0.1, -0.05) is 29.5 Å². The van der Waals surface area contributed by atoms with Crippen LogP contribution in [0.4, 0.5) is 0 Å². The fourth-order valence-electron chi connectivity index (χ4n) is 1.05. The van der Waals surface area contributed by atoms with Gasteiger partial charge in [0.15, 0.2) is 0 Å². The highest BCUT2D eigenvalue weighted by Gasteiger charge is 2.20. The van der Waals surface area contributed by atoms with Gasteiger partial charge in [0.05, 0.1) is 4.05 Å². The lowest BCUT2D eigenvalue weighted by atomic mass is 10.0. The first-order valence-electron chi connectivity index (χ1n) is 3.12. The Kier molecular flexibility index (Phi) is 2.32. The third kappa shape index (κ3) is 2.12. The van der Waals surface area contributed by atoms with Gasteiger partial charge < -0.3 is 5.32 Å². The fraction of sp³-hybridized carbons (Fsp3) is 0.833. The summed E-state index contributed by atoms with van der Waals surface area (Å²) < 4.78 is 0.360. The molecule has 0 saturated carbocycles. The molecule has 1 aliphatic rings. The van der Waals surface area contributed by atoms with E-state index < -0.39 is 0 Å². The minimum absolute atomic E-state index is 0.202. The van der Waals surface area contributed by atoms with E-state index in [9.17, 15) is 4.79 Å². The maximum absolute atomic E-state index is 10.8. The molecule has 9 heavy (non-hydrogen) atoms. The Morgan fingerprint density at radius 1 is 1.78 bits per heavy atom. The molecule has 1 fully saturated rings. The molecule has 1 aliphatic heterocycles. The van der Waals surface area contributed by atoms with Crippen molar-refractivity contribution in [2.24, 2.45) is 5.92 Å². The molecule has 0 spiro atoms. The molecular formula is C6H10INO. The van der Waals surface area contributed by atoms with Crippen molar-refractivity contribution in [1.29, 1.82) is 0 Å². The van der Waals surface area contributed by atoms with Crippen molar-refractivity contribution >= 4 is 28.5 Å². The maximum Gasteiger partial charge on any atom is 0.221 e. The van der Waals surface area contributed by atoms with Gasteiger partial charge >= 0.3 is 0 Å². The van der Waals surface area contributed by atoms with E-state index in [1.54, 1.807) is 0 Å². The van der Waals surface area contributed by atoms with Crippen LogP contribution in [0.3, 0.4) is 0 Å². The zero-order valence-electron chi connectivity index (χ0n) is 5.36. The Hall–Kier alpha value is 0.200. The lowest BCUT2D eigenvalue weighted by molar-refractivity contribution is -0.123. The van der Waals surface area contributed by atoms with E-state index in [0.717, 1.165) is 6.42 Å². The van der Waals surface area contributed by atoms with Crippen LogP contribution in [0.2, 0.25) is 0 Å². The molecule has 3 heteroatoms. The molecule has 1 amide bonds. The second-order valence-electron chi connectivity index (χ2n) is 2.58. The van der Waals surface area contributed by atoms with Gasteiger partial charge in [-0.15, -0.1) is 0 Å². The average Bonchev–Trinajstić information content (AvgIpc) is 1.59. The predicted octanol–water partition coefficient (Wildman–Crippen LogP) is 1.29. The first-order chi connectivity index (χ1) is 4.18. The molecule has 2 atom stereocenters. The van der Waals surface area contributed by atoms with E-state index in [1.165, 1.54) is 0 Å². The molecule has 1 N–H and O–H groups in total. The summed E-state index contributed by atoms with van der Waals surface area (Å²) in [5, 5.41) is 2.86. The molecule has 0 aromatic carbocycles. The van der Waals surface area contributed by atoms with Gasteiger partial charge in [-0.25, -0.2) is 0 Å². The Labute approximate surface area is 68.5 Å². The summed E-state index contributed by atoms with van der Waals surface area (Å²) in [5.74, 6) is 0.772. The van der Waals surface area contributed by atoms with Crippen molar-refractivity contribution in [1.82, 2.24) is 5.32 Å². The number of nitrogens with one attached hydrogen (secondary N) is 1. The van der Waals surface area contributed by atoms with Crippen LogP contribution in [0.15, 0.2) is 0 Å². The first kappa shape index (κ1) is 7.31. The van der Waals surface area contributed by atoms with E-state index in [4.69, 9.17) is 0 Å². The molecule has 0 bridgehead atoms. The molecule has 1 heterocycles. The number of halogens is 1. The van der Waals surface area contributed by atoms with Crippen LogP contribution in [0.5, 0.6) is 0 Å². The van der Waals surface area contributed by atoms with Crippen molar-refractivity contribution in [2.75, 3.05) is 0 Å². The van der Waals surface area contributed by atoms with Crippen LogP contribution in [0.25, 0.3) is 0 Å². The fourth-order valence-corrected chi connectivity index (χ4v) is 2.26. The number of amides is 1. The minimum atomic E-state index is 0.202. The monoisotopic (exact) mass is 239 g/mol. The summed E-state index contributed by atoms with van der Waals surface area (Å²) in [6.45, 7) is 2.12.